The highest BCUT2D eigenvalue weighted by molar-refractivity contribution is 9.10. The number of hydrogen-bond acceptors (Lipinski definition) is 1. The van der Waals surface area contributed by atoms with Gasteiger partial charge in [0.1, 0.15) is 5.82 Å². The average Bonchev–Trinajstić information content (AvgIpc) is 2.40. The molecule has 0 heterocycles. The number of hydrogen-bond donors (Lipinski definition) is 1. The minimum Gasteiger partial charge on any atom is -0.324 e. The fourth-order valence-corrected chi connectivity index (χ4v) is 2.55. The van der Waals surface area contributed by atoms with E-state index >= 15 is 0 Å². The summed E-state index contributed by atoms with van der Waals surface area (Å²) in [5.74, 6) is -0.250. The quantitative estimate of drug-likeness (QED) is 0.879. The lowest BCUT2D eigenvalue weighted by molar-refractivity contribution is 0.559. The van der Waals surface area contributed by atoms with Crippen molar-refractivity contribution in [3.63, 3.8) is 0 Å². The molecule has 1 atom stereocenters. The number of aryl methyl sites for hydroxylation is 2. The summed E-state index contributed by atoms with van der Waals surface area (Å²) < 4.78 is 14.4. The van der Waals surface area contributed by atoms with Crippen LogP contribution in [-0.4, -0.2) is 0 Å². The van der Waals surface area contributed by atoms with E-state index < -0.39 is 0 Å². The van der Waals surface area contributed by atoms with Gasteiger partial charge >= 0.3 is 0 Å². The van der Waals surface area contributed by atoms with Crippen molar-refractivity contribution in [2.24, 2.45) is 5.73 Å². The number of halogens is 2. The van der Waals surface area contributed by atoms with Crippen LogP contribution in [0, 0.1) is 12.7 Å². The SMILES string of the molecule is Cc1ccccc1CCC(N)c1cccc(Br)c1F. The van der Waals surface area contributed by atoms with E-state index in [9.17, 15) is 4.39 Å². The molecule has 3 heteroatoms. The third kappa shape index (κ3) is 3.43. The molecule has 0 radical (unpaired) electrons. The van der Waals surface area contributed by atoms with Crippen LogP contribution in [0.3, 0.4) is 0 Å². The van der Waals surface area contributed by atoms with Crippen LogP contribution in [0.2, 0.25) is 0 Å². The summed E-state index contributed by atoms with van der Waals surface area (Å²) >= 11 is 3.19. The highest BCUT2D eigenvalue weighted by Crippen LogP contribution is 2.25. The van der Waals surface area contributed by atoms with Gasteiger partial charge in [0, 0.05) is 11.6 Å². The molecule has 100 valence electrons. The molecule has 1 nitrogen and oxygen atoms in total. The fraction of sp³-hybridized carbons (Fsp3) is 0.250. The summed E-state index contributed by atoms with van der Waals surface area (Å²) in [6.45, 7) is 2.08. The standard InChI is InChI=1S/C16H17BrFN/c1-11-5-2-3-6-12(11)9-10-15(19)13-7-4-8-14(17)16(13)18/h2-8,15H,9-10,19H2,1H3. The molecule has 1 unspecified atom stereocenters. The van der Waals surface area contributed by atoms with Crippen molar-refractivity contribution in [3.8, 4) is 0 Å². The van der Waals surface area contributed by atoms with Crippen LogP contribution in [0.4, 0.5) is 4.39 Å². The first kappa shape index (κ1) is 14.2. The molecule has 0 bridgehead atoms. The van der Waals surface area contributed by atoms with Crippen LogP contribution in [-0.2, 0) is 6.42 Å². The molecule has 0 saturated heterocycles. The van der Waals surface area contributed by atoms with Crippen LogP contribution in [0.15, 0.2) is 46.9 Å². The van der Waals surface area contributed by atoms with E-state index in [1.165, 1.54) is 11.1 Å². The number of benzene rings is 2. The lowest BCUT2D eigenvalue weighted by Crippen LogP contribution is -2.13. The fourth-order valence-electron chi connectivity index (χ4n) is 2.16. The van der Waals surface area contributed by atoms with E-state index in [1.807, 2.05) is 18.2 Å². The molecule has 19 heavy (non-hydrogen) atoms. The van der Waals surface area contributed by atoms with Gasteiger partial charge in [0.05, 0.1) is 4.47 Å². The van der Waals surface area contributed by atoms with Crippen LogP contribution >= 0.6 is 15.9 Å². The molecule has 2 rings (SSSR count). The van der Waals surface area contributed by atoms with Crippen molar-refractivity contribution >= 4 is 15.9 Å². The summed E-state index contributed by atoms with van der Waals surface area (Å²) in [4.78, 5) is 0. The minimum absolute atomic E-state index is 0.250. The predicted octanol–water partition coefficient (Wildman–Crippen LogP) is 4.53. The first-order chi connectivity index (χ1) is 9.09. The maximum atomic E-state index is 13.9. The zero-order chi connectivity index (χ0) is 13.8. The summed E-state index contributed by atoms with van der Waals surface area (Å²) in [6, 6.07) is 13.2. The normalized spacial score (nSPS) is 12.4. The first-order valence-corrected chi connectivity index (χ1v) is 7.13. The molecular formula is C16H17BrFN. The van der Waals surface area contributed by atoms with Gasteiger partial charge in [0.2, 0.25) is 0 Å². The molecule has 0 amide bonds. The minimum atomic E-state index is -0.280. The first-order valence-electron chi connectivity index (χ1n) is 6.33. The van der Waals surface area contributed by atoms with E-state index in [-0.39, 0.29) is 11.9 Å². The summed E-state index contributed by atoms with van der Waals surface area (Å²) in [5.41, 5.74) is 9.20. The van der Waals surface area contributed by atoms with Crippen molar-refractivity contribution in [1.82, 2.24) is 0 Å². The van der Waals surface area contributed by atoms with Gasteiger partial charge in [-0.3, -0.25) is 0 Å². The number of rotatable bonds is 4. The van der Waals surface area contributed by atoms with Crippen molar-refractivity contribution in [2.75, 3.05) is 0 Å². The molecule has 0 fully saturated rings. The Balaban J connectivity index is 2.08. The van der Waals surface area contributed by atoms with Gasteiger partial charge in [-0.25, -0.2) is 4.39 Å². The van der Waals surface area contributed by atoms with E-state index in [1.54, 1.807) is 12.1 Å². The van der Waals surface area contributed by atoms with Gasteiger partial charge in [-0.1, -0.05) is 36.4 Å². The molecule has 0 aliphatic carbocycles. The molecule has 0 spiro atoms. The van der Waals surface area contributed by atoms with Crippen LogP contribution in [0.1, 0.15) is 29.2 Å². The molecule has 2 N–H and O–H groups in total. The van der Waals surface area contributed by atoms with Gasteiger partial charge in [-0.15, -0.1) is 0 Å². The van der Waals surface area contributed by atoms with E-state index in [0.29, 0.717) is 10.0 Å². The molecule has 2 aromatic rings. The lowest BCUT2D eigenvalue weighted by atomic mass is 9.97. The zero-order valence-corrected chi connectivity index (χ0v) is 12.5. The Labute approximate surface area is 121 Å². The Morgan fingerprint density at radius 3 is 2.63 bits per heavy atom. The van der Waals surface area contributed by atoms with Gasteiger partial charge in [-0.2, -0.15) is 0 Å². The maximum Gasteiger partial charge on any atom is 0.142 e. The lowest BCUT2D eigenvalue weighted by Gasteiger charge is -2.14. The van der Waals surface area contributed by atoms with E-state index in [2.05, 4.69) is 35.0 Å². The molecule has 2 aromatic carbocycles. The Hall–Kier alpha value is -1.19. The number of nitrogens with two attached hydrogens (primary N) is 1. The highest BCUT2D eigenvalue weighted by Gasteiger charge is 2.13. The molecule has 0 aliphatic heterocycles. The Kier molecular flexibility index (Phi) is 4.72. The van der Waals surface area contributed by atoms with Gasteiger partial charge in [0.15, 0.2) is 0 Å². The third-order valence-electron chi connectivity index (χ3n) is 3.37. The van der Waals surface area contributed by atoms with Crippen molar-refractivity contribution < 1.29 is 4.39 Å². The Bertz CT molecular complexity index is 568. The van der Waals surface area contributed by atoms with E-state index in [4.69, 9.17) is 5.73 Å². The molecule has 0 aliphatic rings. The Morgan fingerprint density at radius 2 is 1.89 bits per heavy atom. The van der Waals surface area contributed by atoms with Crippen molar-refractivity contribution in [3.05, 3.63) is 69.4 Å². The summed E-state index contributed by atoms with van der Waals surface area (Å²) in [6.07, 6.45) is 1.60. The third-order valence-corrected chi connectivity index (χ3v) is 3.98. The summed E-state index contributed by atoms with van der Waals surface area (Å²) in [7, 11) is 0. The monoisotopic (exact) mass is 321 g/mol. The smallest absolute Gasteiger partial charge is 0.142 e. The van der Waals surface area contributed by atoms with Crippen LogP contribution < -0.4 is 5.73 Å². The molecular weight excluding hydrogens is 305 g/mol. The average molecular weight is 322 g/mol. The maximum absolute atomic E-state index is 13.9. The Morgan fingerprint density at radius 1 is 1.16 bits per heavy atom. The van der Waals surface area contributed by atoms with Gasteiger partial charge < -0.3 is 5.73 Å². The topological polar surface area (TPSA) is 26.0 Å². The second-order valence-corrected chi connectivity index (χ2v) is 5.57. The second-order valence-electron chi connectivity index (χ2n) is 4.71. The highest BCUT2D eigenvalue weighted by atomic mass is 79.9. The van der Waals surface area contributed by atoms with Crippen LogP contribution in [0.5, 0.6) is 0 Å². The second kappa shape index (κ2) is 6.31. The van der Waals surface area contributed by atoms with Gasteiger partial charge in [-0.05, 0) is 52.9 Å². The van der Waals surface area contributed by atoms with E-state index in [0.717, 1.165) is 12.8 Å². The predicted molar refractivity (Wildman–Crippen MR) is 80.5 cm³/mol. The molecule has 0 saturated carbocycles. The van der Waals surface area contributed by atoms with Gasteiger partial charge in [0.25, 0.3) is 0 Å². The largest absolute Gasteiger partial charge is 0.324 e. The molecule has 0 aromatic heterocycles. The van der Waals surface area contributed by atoms with Crippen molar-refractivity contribution in [2.45, 2.75) is 25.8 Å². The van der Waals surface area contributed by atoms with Crippen molar-refractivity contribution in [1.29, 1.82) is 0 Å². The zero-order valence-electron chi connectivity index (χ0n) is 10.9. The van der Waals surface area contributed by atoms with Crippen LogP contribution in [0.25, 0.3) is 0 Å². The summed E-state index contributed by atoms with van der Waals surface area (Å²) in [5, 5.41) is 0.